The number of nitrogens with zero attached hydrogens (tertiary/aromatic N) is 2. The van der Waals surface area contributed by atoms with E-state index in [-0.39, 0.29) is 11.6 Å². The van der Waals surface area contributed by atoms with Crippen LogP contribution in [0.5, 0.6) is 0 Å². The molecule has 0 aliphatic carbocycles. The normalized spacial score (nSPS) is 12.9. The lowest BCUT2D eigenvalue weighted by atomic mass is 10.1. The smallest absolute Gasteiger partial charge is 0.261 e. The molecule has 0 bridgehead atoms. The summed E-state index contributed by atoms with van der Waals surface area (Å²) in [6.45, 7) is 7.75. The topological polar surface area (TPSA) is 60.4 Å². The standard InChI is InChI=1S/C14H19N3OS/c1-5-19-13-9(3)14(18)17-7-8(2)6-11(10(4)15)12(17)16-13/h6-7,10H,5,15H2,1-4H3/t10-/m1/s1. The average molecular weight is 277 g/mol. The monoisotopic (exact) mass is 277 g/mol. The molecule has 2 aromatic heterocycles. The van der Waals surface area contributed by atoms with E-state index in [1.165, 1.54) is 0 Å². The van der Waals surface area contributed by atoms with Crippen molar-refractivity contribution >= 4 is 17.4 Å². The Morgan fingerprint density at radius 3 is 2.74 bits per heavy atom. The maximum absolute atomic E-state index is 12.4. The fourth-order valence-electron chi connectivity index (χ4n) is 2.09. The molecule has 0 aromatic carbocycles. The highest BCUT2D eigenvalue weighted by atomic mass is 32.2. The van der Waals surface area contributed by atoms with E-state index in [4.69, 9.17) is 5.73 Å². The highest BCUT2D eigenvalue weighted by Gasteiger charge is 2.14. The molecule has 0 saturated heterocycles. The van der Waals surface area contributed by atoms with E-state index in [0.717, 1.165) is 21.9 Å². The summed E-state index contributed by atoms with van der Waals surface area (Å²) in [4.78, 5) is 17.1. The zero-order valence-corrected chi connectivity index (χ0v) is 12.5. The number of aromatic nitrogens is 2. The molecule has 0 aliphatic rings. The van der Waals surface area contributed by atoms with Crippen LogP contribution in [0.4, 0.5) is 0 Å². The van der Waals surface area contributed by atoms with E-state index in [1.807, 2.05) is 33.0 Å². The predicted octanol–water partition coefficient (Wildman–Crippen LogP) is 2.44. The van der Waals surface area contributed by atoms with Crippen molar-refractivity contribution in [3.8, 4) is 0 Å². The fraction of sp³-hybridized carbons (Fsp3) is 0.429. The Labute approximate surface area is 117 Å². The van der Waals surface area contributed by atoms with Gasteiger partial charge in [-0.1, -0.05) is 6.92 Å². The van der Waals surface area contributed by atoms with E-state index in [9.17, 15) is 4.79 Å². The molecule has 0 radical (unpaired) electrons. The Morgan fingerprint density at radius 1 is 1.47 bits per heavy atom. The van der Waals surface area contributed by atoms with Crippen molar-refractivity contribution in [1.29, 1.82) is 0 Å². The number of pyridine rings is 1. The van der Waals surface area contributed by atoms with Crippen molar-refractivity contribution in [2.75, 3.05) is 5.75 Å². The fourth-order valence-corrected chi connectivity index (χ4v) is 2.82. The molecule has 19 heavy (non-hydrogen) atoms. The number of nitrogens with two attached hydrogens (primary N) is 1. The van der Waals surface area contributed by atoms with Gasteiger partial charge in [0.05, 0.1) is 0 Å². The summed E-state index contributed by atoms with van der Waals surface area (Å²) in [5.74, 6) is 0.892. The Hall–Kier alpha value is -1.33. The molecule has 0 amide bonds. The Bertz CT molecular complexity index is 676. The van der Waals surface area contributed by atoms with Crippen molar-refractivity contribution in [2.24, 2.45) is 5.73 Å². The Kier molecular flexibility index (Phi) is 3.96. The third-order valence-corrected chi connectivity index (χ3v) is 4.00. The average Bonchev–Trinajstić information content (AvgIpc) is 2.36. The minimum absolute atomic E-state index is 0.00782. The van der Waals surface area contributed by atoms with Gasteiger partial charge in [0, 0.05) is 23.4 Å². The van der Waals surface area contributed by atoms with Gasteiger partial charge in [0.15, 0.2) is 0 Å². The van der Waals surface area contributed by atoms with E-state index >= 15 is 0 Å². The number of hydrogen-bond acceptors (Lipinski definition) is 4. The van der Waals surface area contributed by atoms with Crippen molar-refractivity contribution in [3.05, 3.63) is 39.3 Å². The second-order valence-electron chi connectivity index (χ2n) is 4.74. The van der Waals surface area contributed by atoms with Crippen LogP contribution in [0.3, 0.4) is 0 Å². The van der Waals surface area contributed by atoms with E-state index in [0.29, 0.717) is 11.2 Å². The molecule has 0 spiro atoms. The molecule has 2 heterocycles. The molecule has 1 atom stereocenters. The molecule has 0 aliphatic heterocycles. The number of aryl methyl sites for hydroxylation is 1. The van der Waals surface area contributed by atoms with Gasteiger partial charge < -0.3 is 5.73 Å². The van der Waals surface area contributed by atoms with Crippen LogP contribution in [0.25, 0.3) is 5.65 Å². The number of rotatable bonds is 3. The zero-order valence-electron chi connectivity index (χ0n) is 11.7. The first-order chi connectivity index (χ1) is 8.95. The van der Waals surface area contributed by atoms with E-state index in [2.05, 4.69) is 11.9 Å². The first-order valence-electron chi connectivity index (χ1n) is 6.37. The Morgan fingerprint density at radius 2 is 2.16 bits per heavy atom. The summed E-state index contributed by atoms with van der Waals surface area (Å²) >= 11 is 1.59. The molecule has 5 heteroatoms. The van der Waals surface area contributed by atoms with Gasteiger partial charge in [-0.3, -0.25) is 9.20 Å². The van der Waals surface area contributed by atoms with Crippen LogP contribution in [0.1, 0.15) is 36.6 Å². The second kappa shape index (κ2) is 5.35. The molecule has 102 valence electrons. The van der Waals surface area contributed by atoms with Gasteiger partial charge in [0.1, 0.15) is 10.7 Å². The minimum Gasteiger partial charge on any atom is -0.324 e. The number of fused-ring (bicyclic) bond motifs is 1. The highest BCUT2D eigenvalue weighted by molar-refractivity contribution is 7.99. The van der Waals surface area contributed by atoms with Crippen molar-refractivity contribution in [2.45, 2.75) is 38.8 Å². The molecule has 2 N–H and O–H groups in total. The molecule has 0 fully saturated rings. The van der Waals surface area contributed by atoms with Gasteiger partial charge in [-0.05, 0) is 38.2 Å². The lowest BCUT2D eigenvalue weighted by Gasteiger charge is -2.14. The Balaban J connectivity index is 2.88. The van der Waals surface area contributed by atoms with E-state index in [1.54, 1.807) is 16.2 Å². The maximum atomic E-state index is 12.4. The van der Waals surface area contributed by atoms with Gasteiger partial charge in [-0.15, -0.1) is 11.8 Å². The third kappa shape index (κ3) is 2.53. The maximum Gasteiger partial charge on any atom is 0.261 e. The van der Waals surface area contributed by atoms with Crippen LogP contribution in [-0.4, -0.2) is 15.1 Å². The van der Waals surface area contributed by atoms with Gasteiger partial charge in [-0.2, -0.15) is 0 Å². The lowest BCUT2D eigenvalue weighted by molar-refractivity contribution is 0.800. The van der Waals surface area contributed by atoms with Gasteiger partial charge in [0.2, 0.25) is 0 Å². The molecule has 0 unspecified atom stereocenters. The van der Waals surface area contributed by atoms with Crippen LogP contribution in [-0.2, 0) is 0 Å². The van der Waals surface area contributed by atoms with Crippen molar-refractivity contribution in [3.63, 3.8) is 0 Å². The molecule has 4 nitrogen and oxygen atoms in total. The second-order valence-corrected chi connectivity index (χ2v) is 5.99. The summed E-state index contributed by atoms with van der Waals surface area (Å²) in [6.07, 6.45) is 1.82. The summed E-state index contributed by atoms with van der Waals surface area (Å²) in [5, 5.41) is 0.804. The molecule has 2 rings (SSSR count). The van der Waals surface area contributed by atoms with Crippen LogP contribution >= 0.6 is 11.8 Å². The molecular formula is C14H19N3OS. The van der Waals surface area contributed by atoms with Crippen LogP contribution in [0.2, 0.25) is 0 Å². The number of thioether (sulfide) groups is 1. The number of hydrogen-bond donors (Lipinski definition) is 1. The summed E-state index contributed by atoms with van der Waals surface area (Å²) in [6, 6.07) is 1.85. The van der Waals surface area contributed by atoms with Crippen LogP contribution in [0.15, 0.2) is 22.1 Å². The zero-order chi connectivity index (χ0) is 14.2. The van der Waals surface area contributed by atoms with Crippen LogP contribution in [0, 0.1) is 13.8 Å². The van der Waals surface area contributed by atoms with E-state index < -0.39 is 0 Å². The molecular weight excluding hydrogens is 258 g/mol. The van der Waals surface area contributed by atoms with Crippen LogP contribution < -0.4 is 11.3 Å². The lowest BCUT2D eigenvalue weighted by Crippen LogP contribution is -2.21. The molecule has 2 aromatic rings. The summed E-state index contributed by atoms with van der Waals surface area (Å²) in [7, 11) is 0. The van der Waals surface area contributed by atoms with Crippen molar-refractivity contribution in [1.82, 2.24) is 9.38 Å². The van der Waals surface area contributed by atoms with Gasteiger partial charge >= 0.3 is 0 Å². The van der Waals surface area contributed by atoms with Gasteiger partial charge in [-0.25, -0.2) is 4.98 Å². The largest absolute Gasteiger partial charge is 0.324 e. The quantitative estimate of drug-likeness (QED) is 0.691. The highest BCUT2D eigenvalue weighted by Crippen LogP contribution is 2.22. The predicted molar refractivity (Wildman–Crippen MR) is 79.9 cm³/mol. The first kappa shape index (κ1) is 14.1. The molecule has 0 saturated carbocycles. The SMILES string of the molecule is CCSc1nc2c([C@@H](C)N)cc(C)cn2c(=O)c1C. The summed E-state index contributed by atoms with van der Waals surface area (Å²) in [5.41, 5.74) is 9.29. The summed E-state index contributed by atoms with van der Waals surface area (Å²) < 4.78 is 1.61. The third-order valence-electron chi connectivity index (χ3n) is 3.04. The van der Waals surface area contributed by atoms with Gasteiger partial charge in [0.25, 0.3) is 5.56 Å². The minimum atomic E-state index is -0.149. The van der Waals surface area contributed by atoms with Crippen molar-refractivity contribution < 1.29 is 0 Å². The first-order valence-corrected chi connectivity index (χ1v) is 7.36.